The van der Waals surface area contributed by atoms with Gasteiger partial charge in [0.2, 0.25) is 0 Å². The van der Waals surface area contributed by atoms with Gasteiger partial charge in [0.25, 0.3) is 0 Å². The number of hydrogen-bond donors (Lipinski definition) is 1. The molecule has 12 heavy (non-hydrogen) atoms. The first-order valence-electron chi connectivity index (χ1n) is 4.09. The molecule has 0 fully saturated rings. The van der Waals surface area contributed by atoms with Gasteiger partial charge in [-0.15, -0.1) is 0 Å². The minimum absolute atomic E-state index is 0.359. The summed E-state index contributed by atoms with van der Waals surface area (Å²) in [6, 6.07) is 5.56. The van der Waals surface area contributed by atoms with Gasteiger partial charge in [-0.3, -0.25) is 0 Å². The van der Waals surface area contributed by atoms with Crippen LogP contribution in [0.1, 0.15) is 30.6 Å². The molecule has 66 valence electrons. The van der Waals surface area contributed by atoms with Crippen LogP contribution < -0.4 is 0 Å². The molecular formula is C10H13ClO. The lowest BCUT2D eigenvalue weighted by atomic mass is 10.0. The largest absolute Gasteiger partial charge is 0.388 e. The van der Waals surface area contributed by atoms with Crippen molar-refractivity contribution in [3.05, 3.63) is 34.3 Å². The zero-order valence-corrected chi connectivity index (χ0v) is 8.10. The van der Waals surface area contributed by atoms with Crippen LogP contribution in [0.4, 0.5) is 0 Å². The number of hydrogen-bond acceptors (Lipinski definition) is 1. The maximum atomic E-state index is 9.56. The van der Waals surface area contributed by atoms with E-state index in [4.69, 9.17) is 11.6 Å². The molecule has 0 saturated carbocycles. The van der Waals surface area contributed by atoms with Crippen molar-refractivity contribution in [2.24, 2.45) is 0 Å². The fourth-order valence-electron chi connectivity index (χ4n) is 1.23. The van der Waals surface area contributed by atoms with Crippen LogP contribution in [0.2, 0.25) is 5.02 Å². The molecule has 0 unspecified atom stereocenters. The maximum absolute atomic E-state index is 9.56. The van der Waals surface area contributed by atoms with E-state index >= 15 is 0 Å². The Morgan fingerprint density at radius 2 is 2.17 bits per heavy atom. The SMILES string of the molecule is CC[C@H](O)c1ccc(Cl)cc1C. The summed E-state index contributed by atoms with van der Waals surface area (Å²) in [4.78, 5) is 0. The van der Waals surface area contributed by atoms with Gasteiger partial charge in [-0.25, -0.2) is 0 Å². The molecule has 1 aromatic carbocycles. The van der Waals surface area contributed by atoms with Gasteiger partial charge in [-0.1, -0.05) is 24.6 Å². The summed E-state index contributed by atoms with van der Waals surface area (Å²) in [7, 11) is 0. The highest BCUT2D eigenvalue weighted by atomic mass is 35.5. The fraction of sp³-hybridized carbons (Fsp3) is 0.400. The van der Waals surface area contributed by atoms with Crippen LogP contribution >= 0.6 is 11.6 Å². The van der Waals surface area contributed by atoms with Crippen molar-refractivity contribution in [2.45, 2.75) is 26.4 Å². The molecule has 1 atom stereocenters. The summed E-state index contributed by atoms with van der Waals surface area (Å²) < 4.78 is 0. The number of aliphatic hydroxyl groups is 1. The first-order chi connectivity index (χ1) is 5.65. The normalized spacial score (nSPS) is 13.0. The quantitative estimate of drug-likeness (QED) is 0.749. The fourth-order valence-corrected chi connectivity index (χ4v) is 1.46. The predicted octanol–water partition coefficient (Wildman–Crippen LogP) is 3.09. The van der Waals surface area contributed by atoms with Gasteiger partial charge in [0, 0.05) is 5.02 Å². The molecule has 2 heteroatoms. The molecule has 0 aliphatic rings. The number of aryl methyl sites for hydroxylation is 1. The molecule has 1 nitrogen and oxygen atoms in total. The second kappa shape index (κ2) is 3.92. The molecule has 0 aromatic heterocycles. The van der Waals surface area contributed by atoms with Crippen LogP contribution in [0.3, 0.4) is 0 Å². The van der Waals surface area contributed by atoms with Gasteiger partial charge in [0.1, 0.15) is 0 Å². The van der Waals surface area contributed by atoms with E-state index in [1.165, 1.54) is 0 Å². The monoisotopic (exact) mass is 184 g/mol. The lowest BCUT2D eigenvalue weighted by molar-refractivity contribution is 0.173. The summed E-state index contributed by atoms with van der Waals surface area (Å²) >= 11 is 5.78. The molecule has 0 aliphatic carbocycles. The van der Waals surface area contributed by atoms with Crippen molar-refractivity contribution < 1.29 is 5.11 Å². The molecule has 1 N–H and O–H groups in total. The Bertz CT molecular complexity index is 271. The number of halogens is 1. The van der Waals surface area contributed by atoms with Gasteiger partial charge in [0.05, 0.1) is 6.10 Å². The van der Waals surface area contributed by atoms with Gasteiger partial charge in [0.15, 0.2) is 0 Å². The molecular weight excluding hydrogens is 172 g/mol. The van der Waals surface area contributed by atoms with Crippen LogP contribution in [-0.2, 0) is 0 Å². The van der Waals surface area contributed by atoms with E-state index < -0.39 is 0 Å². The molecule has 1 rings (SSSR count). The first-order valence-corrected chi connectivity index (χ1v) is 4.47. The highest BCUT2D eigenvalue weighted by molar-refractivity contribution is 6.30. The van der Waals surface area contributed by atoms with Crippen molar-refractivity contribution in [1.82, 2.24) is 0 Å². The molecule has 1 aromatic rings. The number of aliphatic hydroxyl groups excluding tert-OH is 1. The lowest BCUT2D eigenvalue weighted by Crippen LogP contribution is -1.97. The third-order valence-electron chi connectivity index (χ3n) is 1.98. The smallest absolute Gasteiger partial charge is 0.0790 e. The highest BCUT2D eigenvalue weighted by Gasteiger charge is 2.07. The van der Waals surface area contributed by atoms with Crippen LogP contribution in [0.5, 0.6) is 0 Å². The molecule has 0 radical (unpaired) electrons. The average Bonchev–Trinajstić information content (AvgIpc) is 2.03. The van der Waals surface area contributed by atoms with Gasteiger partial charge in [-0.2, -0.15) is 0 Å². The van der Waals surface area contributed by atoms with Crippen molar-refractivity contribution in [2.75, 3.05) is 0 Å². The van der Waals surface area contributed by atoms with E-state index in [9.17, 15) is 5.11 Å². The topological polar surface area (TPSA) is 20.2 Å². The first kappa shape index (κ1) is 9.56. The summed E-state index contributed by atoms with van der Waals surface area (Å²) in [6.45, 7) is 3.92. The van der Waals surface area contributed by atoms with Crippen molar-refractivity contribution in [1.29, 1.82) is 0 Å². The van der Waals surface area contributed by atoms with Gasteiger partial charge >= 0.3 is 0 Å². The Balaban J connectivity index is 3.01. The van der Waals surface area contributed by atoms with E-state index in [1.807, 2.05) is 32.0 Å². The van der Waals surface area contributed by atoms with Crippen LogP contribution in [-0.4, -0.2) is 5.11 Å². The van der Waals surface area contributed by atoms with E-state index in [0.717, 1.165) is 22.6 Å². The van der Waals surface area contributed by atoms with Crippen LogP contribution in [0.25, 0.3) is 0 Å². The summed E-state index contributed by atoms with van der Waals surface area (Å²) in [5.41, 5.74) is 2.03. The van der Waals surface area contributed by atoms with Crippen molar-refractivity contribution >= 4 is 11.6 Å². The molecule has 0 aliphatic heterocycles. The number of rotatable bonds is 2. The zero-order chi connectivity index (χ0) is 9.14. The molecule has 0 heterocycles. The minimum Gasteiger partial charge on any atom is -0.388 e. The Morgan fingerprint density at radius 1 is 1.50 bits per heavy atom. The van der Waals surface area contributed by atoms with E-state index in [1.54, 1.807) is 0 Å². The third-order valence-corrected chi connectivity index (χ3v) is 2.21. The van der Waals surface area contributed by atoms with Crippen molar-refractivity contribution in [3.63, 3.8) is 0 Å². The van der Waals surface area contributed by atoms with E-state index in [0.29, 0.717) is 0 Å². The van der Waals surface area contributed by atoms with E-state index in [2.05, 4.69) is 0 Å². The lowest BCUT2D eigenvalue weighted by Gasteiger charge is -2.11. The Morgan fingerprint density at radius 3 is 2.67 bits per heavy atom. The summed E-state index contributed by atoms with van der Waals surface area (Å²) in [6.07, 6.45) is 0.380. The summed E-state index contributed by atoms with van der Waals surface area (Å²) in [5, 5.41) is 10.3. The maximum Gasteiger partial charge on any atom is 0.0790 e. The van der Waals surface area contributed by atoms with Gasteiger partial charge < -0.3 is 5.11 Å². The molecule has 0 bridgehead atoms. The Kier molecular flexibility index (Phi) is 3.12. The molecule has 0 amide bonds. The minimum atomic E-state index is -0.359. The second-order valence-electron chi connectivity index (χ2n) is 2.92. The second-order valence-corrected chi connectivity index (χ2v) is 3.36. The summed E-state index contributed by atoms with van der Waals surface area (Å²) in [5.74, 6) is 0. The highest BCUT2D eigenvalue weighted by Crippen LogP contribution is 2.22. The standard InChI is InChI=1S/C10H13ClO/c1-3-10(12)9-5-4-8(11)6-7(9)2/h4-6,10,12H,3H2,1-2H3/t10-/m0/s1. The van der Waals surface area contributed by atoms with E-state index in [-0.39, 0.29) is 6.10 Å². The van der Waals surface area contributed by atoms with Gasteiger partial charge in [-0.05, 0) is 36.6 Å². The molecule has 0 saturated heterocycles. The average molecular weight is 185 g/mol. The third kappa shape index (κ3) is 1.99. The predicted molar refractivity (Wildman–Crippen MR) is 51.4 cm³/mol. The van der Waals surface area contributed by atoms with Crippen LogP contribution in [0, 0.1) is 6.92 Å². The Labute approximate surface area is 78.0 Å². The number of benzene rings is 1. The zero-order valence-electron chi connectivity index (χ0n) is 7.34. The Hall–Kier alpha value is -0.530. The van der Waals surface area contributed by atoms with Crippen LogP contribution in [0.15, 0.2) is 18.2 Å². The van der Waals surface area contributed by atoms with Crippen molar-refractivity contribution in [3.8, 4) is 0 Å². The molecule has 0 spiro atoms.